The van der Waals surface area contributed by atoms with Crippen LogP contribution in [0.3, 0.4) is 0 Å². The summed E-state index contributed by atoms with van der Waals surface area (Å²) in [5, 5.41) is 40.5. The average Bonchev–Trinajstić information content (AvgIpc) is 3.04. The third kappa shape index (κ3) is 2.94. The predicted octanol–water partition coefficient (Wildman–Crippen LogP) is 5.20. The lowest BCUT2D eigenvalue weighted by Gasteiger charge is -2.61. The quantitative estimate of drug-likeness (QED) is 0.381. The van der Waals surface area contributed by atoms with Crippen molar-refractivity contribution in [1.82, 2.24) is 0 Å². The lowest BCUT2D eigenvalue weighted by Crippen LogP contribution is -2.55. The number of aliphatic carboxylic acids is 1. The first-order valence-electron chi connectivity index (χ1n) is 11.6. The molecule has 0 aliphatic heterocycles. The van der Waals surface area contributed by atoms with Crippen LogP contribution in [0, 0.1) is 40.4 Å². The second-order valence-electron chi connectivity index (χ2n) is 11.2. The molecule has 0 saturated heterocycles. The van der Waals surface area contributed by atoms with Crippen molar-refractivity contribution >= 4 is 5.97 Å². The highest BCUT2D eigenvalue weighted by Crippen LogP contribution is 2.68. The van der Waals surface area contributed by atoms with Crippen LogP contribution < -0.4 is 0 Å². The Kier molecular flexibility index (Phi) is 5.00. The van der Waals surface area contributed by atoms with Gasteiger partial charge >= 0.3 is 5.97 Å². The van der Waals surface area contributed by atoms with Gasteiger partial charge in [-0.25, -0.2) is 4.79 Å². The van der Waals surface area contributed by atoms with Crippen LogP contribution in [-0.2, 0) is 4.79 Å². The Bertz CT molecular complexity index is 712. The van der Waals surface area contributed by atoms with Gasteiger partial charge in [0.2, 0.25) is 5.76 Å². The second-order valence-corrected chi connectivity index (χ2v) is 11.2. The summed E-state index contributed by atoms with van der Waals surface area (Å²) >= 11 is 0. The van der Waals surface area contributed by atoms with E-state index >= 15 is 0 Å². The van der Waals surface area contributed by atoms with Crippen LogP contribution in [0.1, 0.15) is 85.0 Å². The summed E-state index contributed by atoms with van der Waals surface area (Å²) in [4.78, 5) is 11.1. The van der Waals surface area contributed by atoms with Crippen molar-refractivity contribution in [3.8, 4) is 0 Å². The van der Waals surface area contributed by atoms with Gasteiger partial charge < -0.3 is 20.4 Å². The molecule has 0 radical (unpaired) electrons. The van der Waals surface area contributed by atoms with Crippen LogP contribution in [0.5, 0.6) is 0 Å². The molecule has 4 aliphatic rings. The Balaban J connectivity index is 1.63. The highest BCUT2D eigenvalue weighted by Gasteiger charge is 2.63. The Morgan fingerprint density at radius 2 is 1.55 bits per heavy atom. The molecule has 0 aromatic carbocycles. The van der Waals surface area contributed by atoms with E-state index in [1.807, 2.05) is 0 Å². The van der Waals surface area contributed by atoms with Crippen LogP contribution in [0.4, 0.5) is 0 Å². The van der Waals surface area contributed by atoms with Crippen LogP contribution in [0.15, 0.2) is 11.5 Å². The summed E-state index contributed by atoms with van der Waals surface area (Å²) in [5.74, 6) is -1.01. The molecule has 164 valence electrons. The molecule has 4 fully saturated rings. The number of carbonyl (C=O) groups is 1. The van der Waals surface area contributed by atoms with Crippen molar-refractivity contribution in [3.63, 3.8) is 0 Å². The molecule has 4 rings (SSSR count). The predicted molar refractivity (Wildman–Crippen MR) is 110 cm³/mol. The number of aliphatic hydroxyl groups is 3. The van der Waals surface area contributed by atoms with E-state index in [0.29, 0.717) is 17.3 Å². The zero-order valence-corrected chi connectivity index (χ0v) is 18.2. The second kappa shape index (κ2) is 6.90. The fourth-order valence-corrected chi connectivity index (χ4v) is 8.72. The molecule has 0 amide bonds. The molecular formula is C24H38O5. The first-order valence-corrected chi connectivity index (χ1v) is 11.6. The van der Waals surface area contributed by atoms with Gasteiger partial charge in [-0.2, -0.15) is 0 Å². The number of aliphatic hydroxyl groups excluding tert-OH is 2. The van der Waals surface area contributed by atoms with Crippen LogP contribution in [0.25, 0.3) is 0 Å². The smallest absolute Gasteiger partial charge is 0.374 e. The third-order valence-electron chi connectivity index (χ3n) is 10.2. The summed E-state index contributed by atoms with van der Waals surface area (Å²) in [5.41, 5.74) is -1.42. The lowest BCUT2D eigenvalue weighted by molar-refractivity contribution is -0.140. The number of carboxylic acids is 1. The monoisotopic (exact) mass is 406 g/mol. The van der Waals surface area contributed by atoms with E-state index in [9.17, 15) is 20.1 Å². The van der Waals surface area contributed by atoms with E-state index < -0.39 is 23.1 Å². The third-order valence-corrected chi connectivity index (χ3v) is 10.2. The van der Waals surface area contributed by atoms with E-state index in [1.54, 1.807) is 0 Å². The molecule has 4 saturated carbocycles. The molecule has 29 heavy (non-hydrogen) atoms. The number of hydrogen-bond acceptors (Lipinski definition) is 4. The molecule has 5 nitrogen and oxygen atoms in total. The minimum atomic E-state index is -1.73. The van der Waals surface area contributed by atoms with Crippen LogP contribution in [0.2, 0.25) is 0 Å². The molecule has 8 atom stereocenters. The van der Waals surface area contributed by atoms with E-state index in [-0.39, 0.29) is 11.3 Å². The van der Waals surface area contributed by atoms with Gasteiger partial charge in [-0.3, -0.25) is 0 Å². The lowest BCUT2D eigenvalue weighted by atomic mass is 9.44. The zero-order chi connectivity index (χ0) is 21.2. The van der Waals surface area contributed by atoms with Gasteiger partial charge in [0, 0.05) is 5.92 Å². The number of rotatable bonds is 3. The maximum absolute atomic E-state index is 11.2. The van der Waals surface area contributed by atoms with E-state index in [2.05, 4.69) is 13.8 Å². The maximum Gasteiger partial charge on any atom is 0.374 e. The summed E-state index contributed by atoms with van der Waals surface area (Å²) in [6.07, 6.45) is 12.0. The van der Waals surface area contributed by atoms with Crippen molar-refractivity contribution in [2.75, 3.05) is 0 Å². The summed E-state index contributed by atoms with van der Waals surface area (Å²) < 4.78 is 0. The number of fused-ring (bicyclic) bond motifs is 5. The molecule has 5 heteroatoms. The molecule has 0 aromatic rings. The molecular weight excluding hydrogens is 368 g/mol. The van der Waals surface area contributed by atoms with Gasteiger partial charge in [0.15, 0.2) is 5.76 Å². The Morgan fingerprint density at radius 3 is 2.24 bits per heavy atom. The van der Waals surface area contributed by atoms with Crippen molar-refractivity contribution in [1.29, 1.82) is 0 Å². The summed E-state index contributed by atoms with van der Waals surface area (Å²) in [7, 11) is 0. The van der Waals surface area contributed by atoms with Gasteiger partial charge in [0.1, 0.15) is 5.60 Å². The van der Waals surface area contributed by atoms with Crippen LogP contribution >= 0.6 is 0 Å². The number of hydrogen-bond donors (Lipinski definition) is 4. The first kappa shape index (κ1) is 21.0. The van der Waals surface area contributed by atoms with Crippen molar-refractivity contribution in [2.45, 2.75) is 90.6 Å². The topological polar surface area (TPSA) is 98.0 Å². The Labute approximate surface area is 174 Å². The molecule has 4 aliphatic carbocycles. The van der Waals surface area contributed by atoms with Gasteiger partial charge in [0.05, 0.1) is 0 Å². The fourth-order valence-electron chi connectivity index (χ4n) is 8.72. The highest BCUT2D eigenvalue weighted by atomic mass is 16.4. The van der Waals surface area contributed by atoms with Crippen molar-refractivity contribution in [3.05, 3.63) is 11.5 Å². The SMILES string of the molecule is C[C@]12CC[C@H]3[C@@H](CCC4CCCC[C@@]43C)[C@@H]1CC[C@@H]2[C@@](C)(O)C(O)=C(O)C(=O)O. The average molecular weight is 407 g/mol. The zero-order valence-electron chi connectivity index (χ0n) is 18.2. The van der Waals surface area contributed by atoms with Gasteiger partial charge in [-0.15, -0.1) is 0 Å². The van der Waals surface area contributed by atoms with E-state index in [0.717, 1.165) is 37.5 Å². The standard InChI is InChI=1S/C24H38O5/c1-22-12-5-4-6-14(22)7-8-15-16-9-10-18(23(16,2)13-11-17(15)22)24(3,29)20(26)19(25)21(27)28/h14-18,25-26,29H,4-13H2,1-3H3,(H,27,28)/t14?,15-,16-,17-,18-,22-,23-,24+/m0/s1. The van der Waals surface area contributed by atoms with E-state index in [1.165, 1.54) is 45.4 Å². The highest BCUT2D eigenvalue weighted by molar-refractivity contribution is 5.84. The molecule has 0 spiro atoms. The molecule has 1 unspecified atom stereocenters. The minimum Gasteiger partial charge on any atom is -0.506 e. The molecule has 4 N–H and O–H groups in total. The Morgan fingerprint density at radius 1 is 0.862 bits per heavy atom. The summed E-state index contributed by atoms with van der Waals surface area (Å²) in [6.45, 7) is 6.25. The van der Waals surface area contributed by atoms with Crippen molar-refractivity contribution < 1.29 is 25.2 Å². The maximum atomic E-state index is 11.2. The van der Waals surface area contributed by atoms with Crippen molar-refractivity contribution in [2.24, 2.45) is 40.4 Å². The van der Waals surface area contributed by atoms with Gasteiger partial charge in [-0.05, 0) is 92.8 Å². The summed E-state index contributed by atoms with van der Waals surface area (Å²) in [6, 6.07) is 0. The first-order chi connectivity index (χ1) is 13.5. The molecule has 0 bridgehead atoms. The fraction of sp³-hybridized carbons (Fsp3) is 0.875. The molecule has 0 aromatic heterocycles. The van der Waals surface area contributed by atoms with Crippen LogP contribution in [-0.4, -0.2) is 32.0 Å². The minimum absolute atomic E-state index is 0.144. The van der Waals surface area contributed by atoms with Gasteiger partial charge in [-0.1, -0.05) is 26.7 Å². The number of carboxylic acid groups (broad SMARTS) is 1. The van der Waals surface area contributed by atoms with Gasteiger partial charge in [0.25, 0.3) is 0 Å². The largest absolute Gasteiger partial charge is 0.506 e. The Hall–Kier alpha value is -1.23. The normalized spacial score (nSPS) is 47.2. The van der Waals surface area contributed by atoms with E-state index in [4.69, 9.17) is 5.11 Å². The molecule has 0 heterocycles.